The first-order valence-corrected chi connectivity index (χ1v) is 7.90. The Kier molecular flexibility index (Phi) is 5.55. The van der Waals surface area contributed by atoms with Crippen LogP contribution in [0.25, 0.3) is 0 Å². The van der Waals surface area contributed by atoms with Crippen LogP contribution >= 0.6 is 11.6 Å². The Morgan fingerprint density at radius 2 is 2.20 bits per heavy atom. The molecule has 1 fully saturated rings. The monoisotopic (exact) mass is 296 g/mol. The molecule has 4 heteroatoms. The van der Waals surface area contributed by atoms with Crippen molar-refractivity contribution in [2.24, 2.45) is 0 Å². The average Bonchev–Trinajstić information content (AvgIpc) is 2.47. The standard InChI is InChI=1S/C16H25ClN2O/c1-4-6-13-11-19(14(5-2)10-18-13)15-9-12(17)7-8-16(15)20-3/h7-9,13-14,18H,4-6,10-11H2,1-3H3. The molecule has 112 valence electrons. The van der Waals surface area contributed by atoms with E-state index in [0.717, 1.165) is 36.0 Å². The van der Waals surface area contributed by atoms with Gasteiger partial charge in [0.2, 0.25) is 0 Å². The molecule has 1 aliphatic heterocycles. The first-order chi connectivity index (χ1) is 9.69. The lowest BCUT2D eigenvalue weighted by Crippen LogP contribution is -2.56. The number of hydrogen-bond donors (Lipinski definition) is 1. The lowest BCUT2D eigenvalue weighted by molar-refractivity contribution is 0.361. The van der Waals surface area contributed by atoms with Gasteiger partial charge < -0.3 is 15.0 Å². The van der Waals surface area contributed by atoms with Gasteiger partial charge in [0.25, 0.3) is 0 Å². The maximum Gasteiger partial charge on any atom is 0.142 e. The third-order valence-electron chi connectivity index (χ3n) is 4.06. The SMILES string of the molecule is CCCC1CN(c2cc(Cl)ccc2OC)C(CC)CN1. The van der Waals surface area contributed by atoms with Crippen molar-refractivity contribution in [3.63, 3.8) is 0 Å². The van der Waals surface area contributed by atoms with Crippen molar-refractivity contribution in [3.8, 4) is 5.75 Å². The predicted octanol–water partition coefficient (Wildman–Crippen LogP) is 3.71. The van der Waals surface area contributed by atoms with Crippen LogP contribution in [0.2, 0.25) is 5.02 Å². The number of benzene rings is 1. The Morgan fingerprint density at radius 1 is 1.40 bits per heavy atom. The molecular formula is C16H25ClN2O. The molecule has 20 heavy (non-hydrogen) atoms. The summed E-state index contributed by atoms with van der Waals surface area (Å²) in [5.41, 5.74) is 1.12. The van der Waals surface area contributed by atoms with Crippen LogP contribution in [0, 0.1) is 0 Å². The quantitative estimate of drug-likeness (QED) is 0.896. The van der Waals surface area contributed by atoms with Gasteiger partial charge in [0, 0.05) is 30.2 Å². The van der Waals surface area contributed by atoms with E-state index < -0.39 is 0 Å². The molecular weight excluding hydrogens is 272 g/mol. The maximum absolute atomic E-state index is 6.18. The fraction of sp³-hybridized carbons (Fsp3) is 0.625. The van der Waals surface area contributed by atoms with Gasteiger partial charge >= 0.3 is 0 Å². The number of anilines is 1. The maximum atomic E-state index is 6.18. The second-order valence-corrected chi connectivity index (χ2v) is 5.86. The Hall–Kier alpha value is -0.930. The van der Waals surface area contributed by atoms with Gasteiger partial charge in [-0.1, -0.05) is 31.9 Å². The predicted molar refractivity (Wildman–Crippen MR) is 86.1 cm³/mol. The number of hydrogen-bond acceptors (Lipinski definition) is 3. The molecule has 2 atom stereocenters. The molecule has 3 nitrogen and oxygen atoms in total. The van der Waals surface area contributed by atoms with E-state index in [0.29, 0.717) is 12.1 Å². The molecule has 0 amide bonds. The highest BCUT2D eigenvalue weighted by molar-refractivity contribution is 6.30. The fourth-order valence-corrected chi connectivity index (χ4v) is 3.12. The van der Waals surface area contributed by atoms with Crippen LogP contribution in [-0.2, 0) is 0 Å². The number of nitrogens with zero attached hydrogens (tertiary/aromatic N) is 1. The molecule has 2 rings (SSSR count). The molecule has 0 radical (unpaired) electrons. The molecule has 1 heterocycles. The molecule has 0 aliphatic carbocycles. The second kappa shape index (κ2) is 7.19. The smallest absolute Gasteiger partial charge is 0.142 e. The summed E-state index contributed by atoms with van der Waals surface area (Å²) in [6.45, 7) is 6.51. The van der Waals surface area contributed by atoms with Crippen molar-refractivity contribution in [1.29, 1.82) is 0 Å². The molecule has 1 N–H and O–H groups in total. The number of methoxy groups -OCH3 is 1. The highest BCUT2D eigenvalue weighted by Crippen LogP contribution is 2.34. The first-order valence-electron chi connectivity index (χ1n) is 7.53. The highest BCUT2D eigenvalue weighted by Gasteiger charge is 2.28. The van der Waals surface area contributed by atoms with Crippen LogP contribution in [0.1, 0.15) is 33.1 Å². The zero-order valence-corrected chi connectivity index (χ0v) is 13.4. The second-order valence-electron chi connectivity index (χ2n) is 5.42. The molecule has 0 aromatic heterocycles. The van der Waals surface area contributed by atoms with Gasteiger partial charge in [0.1, 0.15) is 5.75 Å². The number of piperazine rings is 1. The van der Waals surface area contributed by atoms with Crippen molar-refractivity contribution in [2.45, 2.75) is 45.2 Å². The van der Waals surface area contributed by atoms with Gasteiger partial charge in [-0.3, -0.25) is 0 Å². The Morgan fingerprint density at radius 3 is 2.85 bits per heavy atom. The third kappa shape index (κ3) is 3.39. The number of nitrogens with one attached hydrogen (secondary N) is 1. The summed E-state index contributed by atoms with van der Waals surface area (Å²) in [5.74, 6) is 0.907. The van der Waals surface area contributed by atoms with Crippen LogP contribution < -0.4 is 15.0 Å². The van der Waals surface area contributed by atoms with Gasteiger partial charge in [0.05, 0.1) is 12.8 Å². The van der Waals surface area contributed by atoms with E-state index in [9.17, 15) is 0 Å². The molecule has 0 spiro atoms. The van der Waals surface area contributed by atoms with Crippen molar-refractivity contribution in [2.75, 3.05) is 25.1 Å². The third-order valence-corrected chi connectivity index (χ3v) is 4.29. The summed E-state index contributed by atoms with van der Waals surface area (Å²) in [6.07, 6.45) is 3.52. The molecule has 0 bridgehead atoms. The van der Waals surface area contributed by atoms with Gasteiger partial charge in [-0.15, -0.1) is 0 Å². The minimum absolute atomic E-state index is 0.496. The van der Waals surface area contributed by atoms with E-state index in [-0.39, 0.29) is 0 Å². The van der Waals surface area contributed by atoms with E-state index in [4.69, 9.17) is 16.3 Å². The van der Waals surface area contributed by atoms with Gasteiger partial charge in [-0.05, 0) is 31.0 Å². The minimum Gasteiger partial charge on any atom is -0.495 e. The van der Waals surface area contributed by atoms with Crippen molar-refractivity contribution in [1.82, 2.24) is 5.32 Å². The highest BCUT2D eigenvalue weighted by atomic mass is 35.5. The summed E-state index contributed by atoms with van der Waals surface area (Å²) < 4.78 is 5.52. The van der Waals surface area contributed by atoms with E-state index in [1.165, 1.54) is 12.8 Å². The average molecular weight is 297 g/mol. The summed E-state index contributed by atoms with van der Waals surface area (Å²) >= 11 is 6.18. The largest absolute Gasteiger partial charge is 0.495 e. The first kappa shape index (κ1) is 15.5. The fourth-order valence-electron chi connectivity index (χ4n) is 2.95. The minimum atomic E-state index is 0.496. The molecule has 2 unspecified atom stereocenters. The molecule has 1 saturated heterocycles. The van der Waals surface area contributed by atoms with Crippen LogP contribution in [0.5, 0.6) is 5.75 Å². The van der Waals surface area contributed by atoms with Crippen molar-refractivity contribution in [3.05, 3.63) is 23.2 Å². The van der Waals surface area contributed by atoms with E-state index in [1.54, 1.807) is 7.11 Å². The zero-order chi connectivity index (χ0) is 14.5. The summed E-state index contributed by atoms with van der Waals surface area (Å²) in [7, 11) is 1.72. The number of halogens is 1. The molecule has 0 saturated carbocycles. The summed E-state index contributed by atoms with van der Waals surface area (Å²) in [4.78, 5) is 2.46. The lowest BCUT2D eigenvalue weighted by atomic mass is 10.0. The molecule has 1 aromatic rings. The zero-order valence-electron chi connectivity index (χ0n) is 12.7. The Bertz CT molecular complexity index is 438. The van der Waals surface area contributed by atoms with Crippen LogP contribution in [0.3, 0.4) is 0 Å². The van der Waals surface area contributed by atoms with E-state index >= 15 is 0 Å². The van der Waals surface area contributed by atoms with E-state index in [1.807, 2.05) is 18.2 Å². The summed E-state index contributed by atoms with van der Waals surface area (Å²) in [5, 5.41) is 4.42. The number of ether oxygens (including phenoxy) is 1. The van der Waals surface area contributed by atoms with Crippen LogP contribution in [-0.4, -0.2) is 32.3 Å². The van der Waals surface area contributed by atoms with Crippen LogP contribution in [0.4, 0.5) is 5.69 Å². The topological polar surface area (TPSA) is 24.5 Å². The Labute approximate surface area is 127 Å². The van der Waals surface area contributed by atoms with Crippen molar-refractivity contribution < 1.29 is 4.74 Å². The molecule has 1 aromatic carbocycles. The van der Waals surface area contributed by atoms with Gasteiger partial charge in [-0.2, -0.15) is 0 Å². The number of rotatable bonds is 5. The van der Waals surface area contributed by atoms with Crippen molar-refractivity contribution >= 4 is 17.3 Å². The Balaban J connectivity index is 2.28. The molecule has 1 aliphatic rings. The van der Waals surface area contributed by atoms with Gasteiger partial charge in [-0.25, -0.2) is 0 Å². The lowest BCUT2D eigenvalue weighted by Gasteiger charge is -2.42. The summed E-state index contributed by atoms with van der Waals surface area (Å²) in [6, 6.07) is 6.91. The van der Waals surface area contributed by atoms with Gasteiger partial charge in [0.15, 0.2) is 0 Å². The normalized spacial score (nSPS) is 22.9. The van der Waals surface area contributed by atoms with Crippen LogP contribution in [0.15, 0.2) is 18.2 Å². The van der Waals surface area contributed by atoms with E-state index in [2.05, 4.69) is 24.1 Å².